The molecule has 0 aromatic heterocycles. The van der Waals surface area contributed by atoms with Crippen molar-refractivity contribution in [1.29, 1.82) is 0 Å². The third-order valence-corrected chi connectivity index (χ3v) is 6.20. The van der Waals surface area contributed by atoms with E-state index in [1.54, 1.807) is 0 Å². The number of nitrogens with one attached hydrogen (secondary N) is 1. The van der Waals surface area contributed by atoms with Gasteiger partial charge in [-0.15, -0.1) is 0 Å². The number of sulfonamides is 1. The maximum atomic E-state index is 12.9. The van der Waals surface area contributed by atoms with E-state index in [1.165, 1.54) is 28.6 Å². The summed E-state index contributed by atoms with van der Waals surface area (Å²) in [5.74, 6) is -1.09. The van der Waals surface area contributed by atoms with Crippen molar-refractivity contribution in [3.05, 3.63) is 29.8 Å². The second-order valence-corrected chi connectivity index (χ2v) is 8.96. The molecule has 1 aliphatic heterocycles. The van der Waals surface area contributed by atoms with Crippen LogP contribution in [0.1, 0.15) is 37.0 Å². The lowest BCUT2D eigenvalue weighted by molar-refractivity contribution is -0.124. The summed E-state index contributed by atoms with van der Waals surface area (Å²) in [6.45, 7) is 3.76. The smallest absolute Gasteiger partial charge is 0.338 e. The minimum Gasteiger partial charge on any atom is -0.452 e. The van der Waals surface area contributed by atoms with Crippen LogP contribution in [0.15, 0.2) is 29.2 Å². The molecule has 148 valence electrons. The lowest BCUT2D eigenvalue weighted by Crippen LogP contribution is -2.48. The standard InChI is InChI=1S/C18H24N2O6S/c1-12-9-20(10-13(2)26-12)27(23,24)16-5-3-4-14(8-16)18(22)25-11-17(21)19-15-6-7-15/h3-5,8,12-13,15H,6-7,9-11H2,1-2H3,(H,19,21). The van der Waals surface area contributed by atoms with Crippen molar-refractivity contribution in [1.82, 2.24) is 9.62 Å². The molecule has 8 nitrogen and oxygen atoms in total. The first-order valence-corrected chi connectivity index (χ1v) is 10.4. The first-order chi connectivity index (χ1) is 12.8. The Bertz CT molecular complexity index is 811. The summed E-state index contributed by atoms with van der Waals surface area (Å²) < 4.78 is 37.7. The van der Waals surface area contributed by atoms with Gasteiger partial charge in [0.25, 0.3) is 5.91 Å². The molecule has 0 spiro atoms. The highest BCUT2D eigenvalue weighted by Gasteiger charge is 2.32. The number of amides is 1. The number of carbonyl (C=O) groups excluding carboxylic acids is 2. The molecule has 1 saturated carbocycles. The molecule has 2 atom stereocenters. The van der Waals surface area contributed by atoms with Crippen LogP contribution >= 0.6 is 0 Å². The van der Waals surface area contributed by atoms with Gasteiger partial charge in [-0.05, 0) is 44.9 Å². The van der Waals surface area contributed by atoms with Crippen LogP contribution in [0.2, 0.25) is 0 Å². The van der Waals surface area contributed by atoms with E-state index in [0.717, 1.165) is 12.8 Å². The maximum absolute atomic E-state index is 12.9. The van der Waals surface area contributed by atoms with E-state index in [0.29, 0.717) is 0 Å². The van der Waals surface area contributed by atoms with Crippen LogP contribution in [0, 0.1) is 0 Å². The third kappa shape index (κ3) is 5.06. The minimum absolute atomic E-state index is 0.0145. The van der Waals surface area contributed by atoms with Crippen LogP contribution in [0.25, 0.3) is 0 Å². The largest absolute Gasteiger partial charge is 0.452 e. The highest BCUT2D eigenvalue weighted by Crippen LogP contribution is 2.22. The Labute approximate surface area is 158 Å². The van der Waals surface area contributed by atoms with Gasteiger partial charge in [-0.1, -0.05) is 6.07 Å². The number of esters is 1. The molecule has 9 heteroatoms. The Balaban J connectivity index is 1.68. The quantitative estimate of drug-likeness (QED) is 0.718. The number of nitrogens with zero attached hydrogens (tertiary/aromatic N) is 1. The zero-order valence-electron chi connectivity index (χ0n) is 15.4. The molecule has 1 amide bonds. The third-order valence-electron chi connectivity index (χ3n) is 4.37. The Kier molecular flexibility index (Phi) is 5.83. The lowest BCUT2D eigenvalue weighted by atomic mass is 10.2. The van der Waals surface area contributed by atoms with Gasteiger partial charge in [0.15, 0.2) is 6.61 Å². The number of hydrogen-bond donors (Lipinski definition) is 1. The van der Waals surface area contributed by atoms with Gasteiger partial charge >= 0.3 is 5.97 Å². The molecule has 0 bridgehead atoms. The number of carbonyl (C=O) groups is 2. The molecular weight excluding hydrogens is 372 g/mol. The Morgan fingerprint density at radius 1 is 1.22 bits per heavy atom. The van der Waals surface area contributed by atoms with Crippen molar-refractivity contribution in [3.8, 4) is 0 Å². The molecule has 27 heavy (non-hydrogen) atoms. The van der Waals surface area contributed by atoms with Gasteiger partial charge < -0.3 is 14.8 Å². The molecule has 2 unspecified atom stereocenters. The van der Waals surface area contributed by atoms with Crippen molar-refractivity contribution in [2.45, 2.75) is 49.8 Å². The molecule has 1 N–H and O–H groups in total. The number of benzene rings is 1. The highest BCUT2D eigenvalue weighted by molar-refractivity contribution is 7.89. The van der Waals surface area contributed by atoms with Crippen LogP contribution in [-0.4, -0.2) is 62.5 Å². The van der Waals surface area contributed by atoms with Crippen LogP contribution in [0.3, 0.4) is 0 Å². The molecule has 1 aromatic carbocycles. The summed E-state index contributed by atoms with van der Waals surface area (Å²) in [7, 11) is -3.76. The number of hydrogen-bond acceptors (Lipinski definition) is 6. The Morgan fingerprint density at radius 2 is 1.89 bits per heavy atom. The van der Waals surface area contributed by atoms with Gasteiger partial charge in [0.1, 0.15) is 0 Å². The Morgan fingerprint density at radius 3 is 2.52 bits per heavy atom. The minimum atomic E-state index is -3.76. The first kappa shape index (κ1) is 19.8. The fourth-order valence-corrected chi connectivity index (χ4v) is 4.61. The summed E-state index contributed by atoms with van der Waals surface area (Å²) in [4.78, 5) is 23.8. The van der Waals surface area contributed by atoms with E-state index in [-0.39, 0.29) is 54.3 Å². The van der Waals surface area contributed by atoms with Crippen LogP contribution in [-0.2, 0) is 24.3 Å². The second-order valence-electron chi connectivity index (χ2n) is 7.03. The van der Waals surface area contributed by atoms with Crippen molar-refractivity contribution in [3.63, 3.8) is 0 Å². The van der Waals surface area contributed by atoms with Crippen LogP contribution in [0.5, 0.6) is 0 Å². The molecule has 0 radical (unpaired) electrons. The monoisotopic (exact) mass is 396 g/mol. The summed E-state index contributed by atoms with van der Waals surface area (Å²) in [6, 6.07) is 5.85. The molecule has 2 fully saturated rings. The Hall–Kier alpha value is -1.97. The van der Waals surface area contributed by atoms with E-state index in [9.17, 15) is 18.0 Å². The highest BCUT2D eigenvalue weighted by atomic mass is 32.2. The summed E-state index contributed by atoms with van der Waals surface area (Å²) >= 11 is 0. The normalized spacial score (nSPS) is 23.6. The van der Waals surface area contributed by atoms with Crippen LogP contribution < -0.4 is 5.32 Å². The van der Waals surface area contributed by atoms with E-state index in [2.05, 4.69) is 5.32 Å². The van der Waals surface area contributed by atoms with Gasteiger partial charge in [0, 0.05) is 19.1 Å². The van der Waals surface area contributed by atoms with Crippen molar-refractivity contribution < 1.29 is 27.5 Å². The lowest BCUT2D eigenvalue weighted by Gasteiger charge is -2.34. The molecule has 1 heterocycles. The number of morpholine rings is 1. The zero-order chi connectivity index (χ0) is 19.6. The number of ether oxygens (including phenoxy) is 2. The van der Waals surface area contributed by atoms with Crippen molar-refractivity contribution in [2.75, 3.05) is 19.7 Å². The average molecular weight is 396 g/mol. The molecule has 1 saturated heterocycles. The summed E-state index contributed by atoms with van der Waals surface area (Å²) in [5.41, 5.74) is 0.0876. The fraction of sp³-hybridized carbons (Fsp3) is 0.556. The van der Waals surface area contributed by atoms with E-state index in [1.807, 2.05) is 13.8 Å². The van der Waals surface area contributed by atoms with E-state index >= 15 is 0 Å². The SMILES string of the molecule is CC1CN(S(=O)(=O)c2cccc(C(=O)OCC(=O)NC3CC3)c2)CC(C)O1. The molecule has 2 aliphatic rings. The van der Waals surface area contributed by atoms with Gasteiger partial charge in [-0.2, -0.15) is 4.31 Å². The molecule has 1 aromatic rings. The van der Waals surface area contributed by atoms with Crippen LogP contribution in [0.4, 0.5) is 0 Å². The summed E-state index contributed by atoms with van der Waals surface area (Å²) in [6.07, 6.45) is 1.47. The van der Waals surface area contributed by atoms with Gasteiger partial charge in [0.2, 0.25) is 10.0 Å². The van der Waals surface area contributed by atoms with Gasteiger partial charge in [-0.3, -0.25) is 4.79 Å². The molecular formula is C18H24N2O6S. The second kappa shape index (κ2) is 7.95. The van der Waals surface area contributed by atoms with Crippen molar-refractivity contribution in [2.24, 2.45) is 0 Å². The fourth-order valence-electron chi connectivity index (χ4n) is 2.97. The topological polar surface area (TPSA) is 102 Å². The average Bonchev–Trinajstić information content (AvgIpc) is 3.43. The first-order valence-electron chi connectivity index (χ1n) is 8.98. The van der Waals surface area contributed by atoms with Gasteiger partial charge in [-0.25, -0.2) is 13.2 Å². The number of rotatable bonds is 6. The predicted molar refractivity (Wildman–Crippen MR) is 96.7 cm³/mol. The van der Waals surface area contributed by atoms with Gasteiger partial charge in [0.05, 0.1) is 22.7 Å². The van der Waals surface area contributed by atoms with E-state index in [4.69, 9.17) is 9.47 Å². The van der Waals surface area contributed by atoms with E-state index < -0.39 is 16.0 Å². The summed E-state index contributed by atoms with van der Waals surface area (Å²) in [5, 5.41) is 2.72. The predicted octanol–water partition coefficient (Wildman–Crippen LogP) is 0.920. The molecule has 3 rings (SSSR count). The molecule has 1 aliphatic carbocycles. The maximum Gasteiger partial charge on any atom is 0.338 e. The zero-order valence-corrected chi connectivity index (χ0v) is 16.2. The van der Waals surface area contributed by atoms with Crippen molar-refractivity contribution >= 4 is 21.9 Å².